The Kier molecular flexibility index (Phi) is 2.39. The molecule has 0 amide bonds. The van der Waals surface area contributed by atoms with Gasteiger partial charge in [-0.1, -0.05) is 42.1 Å². The summed E-state index contributed by atoms with van der Waals surface area (Å²) in [5.74, 6) is 0. The molecular formula is C19H15N3. The van der Waals surface area contributed by atoms with E-state index in [-0.39, 0.29) is 0 Å². The monoisotopic (exact) mass is 285 g/mol. The molecule has 0 aromatic heterocycles. The molecule has 0 radical (unpaired) electrons. The van der Waals surface area contributed by atoms with Crippen LogP contribution in [0.15, 0.2) is 48.5 Å². The molecule has 3 heteroatoms. The van der Waals surface area contributed by atoms with Crippen molar-refractivity contribution >= 4 is 33.7 Å². The second-order valence-electron chi connectivity index (χ2n) is 5.82. The molecule has 22 heavy (non-hydrogen) atoms. The number of para-hydroxylation sites is 2. The van der Waals surface area contributed by atoms with Crippen LogP contribution in [-0.4, -0.2) is 22.3 Å². The Hall–Kier alpha value is -2.68. The molecule has 2 heterocycles. The fourth-order valence-electron chi connectivity index (χ4n) is 3.47. The minimum absolute atomic E-state index is 0.961. The van der Waals surface area contributed by atoms with E-state index in [2.05, 4.69) is 35.1 Å². The maximum absolute atomic E-state index is 4.94. The van der Waals surface area contributed by atoms with Crippen molar-refractivity contribution in [2.75, 3.05) is 6.54 Å². The van der Waals surface area contributed by atoms with Crippen LogP contribution >= 0.6 is 0 Å². The Balaban J connectivity index is 1.98. The number of fused-ring (bicyclic) bond motifs is 4. The molecule has 106 valence electrons. The zero-order chi connectivity index (χ0) is 14.5. The number of benzene rings is 2. The number of rotatable bonds is 1. The first-order valence-electron chi connectivity index (χ1n) is 7.76. The van der Waals surface area contributed by atoms with Gasteiger partial charge in [-0.2, -0.15) is 0 Å². The van der Waals surface area contributed by atoms with E-state index >= 15 is 0 Å². The highest BCUT2D eigenvalue weighted by molar-refractivity contribution is 6.09. The first-order chi connectivity index (χ1) is 10.9. The Morgan fingerprint density at radius 2 is 1.77 bits per heavy atom. The molecule has 5 rings (SSSR count). The lowest BCUT2D eigenvalue weighted by atomic mass is 10.2. The number of aromatic nitrogens is 2. The van der Waals surface area contributed by atoms with Crippen molar-refractivity contribution < 1.29 is 4.58 Å². The molecule has 0 spiro atoms. The van der Waals surface area contributed by atoms with Gasteiger partial charge >= 0.3 is 0 Å². The summed E-state index contributed by atoms with van der Waals surface area (Å²) < 4.78 is 2.36. The van der Waals surface area contributed by atoms with Crippen molar-refractivity contribution in [3.63, 3.8) is 0 Å². The van der Waals surface area contributed by atoms with Crippen molar-refractivity contribution in [3.8, 4) is 11.4 Å². The van der Waals surface area contributed by atoms with Crippen LogP contribution < -0.4 is 4.98 Å². The smallest absolute Gasteiger partial charge is 0.237 e. The van der Waals surface area contributed by atoms with Crippen LogP contribution in [0.3, 0.4) is 0 Å². The van der Waals surface area contributed by atoms with Crippen molar-refractivity contribution in [2.24, 2.45) is 0 Å². The third-order valence-electron chi connectivity index (χ3n) is 4.47. The fraction of sp³-hybridized carbons (Fsp3) is 0.158. The zero-order valence-electron chi connectivity index (χ0n) is 12.2. The van der Waals surface area contributed by atoms with Gasteiger partial charge in [0.15, 0.2) is 0 Å². The second kappa shape index (κ2) is 4.41. The summed E-state index contributed by atoms with van der Waals surface area (Å²) in [6, 6.07) is 16.6. The third-order valence-corrected chi connectivity index (χ3v) is 4.47. The van der Waals surface area contributed by atoms with Crippen LogP contribution in [0.5, 0.6) is 0 Å². The predicted octanol–water partition coefficient (Wildman–Crippen LogP) is 3.96. The molecule has 1 aliphatic carbocycles. The summed E-state index contributed by atoms with van der Waals surface area (Å²) in [4.78, 5) is 9.83. The van der Waals surface area contributed by atoms with Crippen molar-refractivity contribution in [2.45, 2.75) is 12.8 Å². The van der Waals surface area contributed by atoms with Crippen LogP contribution in [0, 0.1) is 0 Å². The second-order valence-corrected chi connectivity index (χ2v) is 5.82. The standard InChI is InChI=1S/C19H15N3/c1-2-8-14-13(7-1)17-18(19(14)22-11-5-6-12-22)21-16-10-4-3-9-15(16)20-17/h1-4,7-11H,5-6,12H2. The minimum atomic E-state index is 0.961. The van der Waals surface area contributed by atoms with E-state index in [0.717, 1.165) is 35.4 Å². The summed E-state index contributed by atoms with van der Waals surface area (Å²) in [6.45, 7) is 1.07. The third kappa shape index (κ3) is 1.56. The van der Waals surface area contributed by atoms with Crippen LogP contribution in [-0.2, 0) is 0 Å². The van der Waals surface area contributed by atoms with Crippen LogP contribution in [0.4, 0.5) is 5.69 Å². The first kappa shape index (κ1) is 11.9. The van der Waals surface area contributed by atoms with Crippen LogP contribution in [0.1, 0.15) is 12.8 Å². The van der Waals surface area contributed by atoms with Crippen molar-refractivity contribution in [3.05, 3.63) is 48.5 Å². The van der Waals surface area contributed by atoms with Gasteiger partial charge in [-0.15, -0.1) is 5.52 Å². The van der Waals surface area contributed by atoms with E-state index in [0.29, 0.717) is 0 Å². The Labute approximate surface area is 128 Å². The molecular weight excluding hydrogens is 270 g/mol. The number of hydrogen-bond acceptors (Lipinski definition) is 1. The van der Waals surface area contributed by atoms with E-state index in [4.69, 9.17) is 9.97 Å². The maximum Gasteiger partial charge on any atom is 0.237 e. The summed E-state index contributed by atoms with van der Waals surface area (Å²) in [5, 5.41) is 2.46. The molecule has 0 saturated heterocycles. The predicted molar refractivity (Wildman–Crippen MR) is 89.3 cm³/mol. The lowest BCUT2D eigenvalue weighted by molar-refractivity contribution is -0.424. The van der Waals surface area contributed by atoms with Crippen LogP contribution in [0.25, 0.3) is 33.2 Å². The molecule has 3 aliphatic rings. The van der Waals surface area contributed by atoms with Crippen LogP contribution in [0.2, 0.25) is 0 Å². The molecule has 2 aromatic rings. The zero-order valence-corrected chi connectivity index (χ0v) is 12.2. The van der Waals surface area contributed by atoms with Crippen molar-refractivity contribution in [1.82, 2.24) is 9.97 Å². The van der Waals surface area contributed by atoms with Gasteiger partial charge in [0.05, 0.1) is 5.39 Å². The first-order valence-corrected chi connectivity index (χ1v) is 7.76. The fourth-order valence-corrected chi connectivity index (χ4v) is 3.47. The summed E-state index contributed by atoms with van der Waals surface area (Å²) in [6.07, 6.45) is 4.64. The summed E-state index contributed by atoms with van der Waals surface area (Å²) in [7, 11) is 0. The molecule has 0 atom stereocenters. The quantitative estimate of drug-likeness (QED) is 0.495. The highest BCUT2D eigenvalue weighted by atomic mass is 15.0. The lowest BCUT2D eigenvalue weighted by Gasteiger charge is -2.15. The number of nitrogens with zero attached hydrogens (tertiary/aromatic N) is 3. The van der Waals surface area contributed by atoms with E-state index in [1.54, 1.807) is 0 Å². The molecule has 0 N–H and O–H groups in total. The average Bonchev–Trinajstić information content (AvgIpc) is 3.18. The van der Waals surface area contributed by atoms with Gasteiger partial charge in [0.25, 0.3) is 0 Å². The highest BCUT2D eigenvalue weighted by Gasteiger charge is 2.26. The van der Waals surface area contributed by atoms with Gasteiger partial charge in [0.2, 0.25) is 5.69 Å². The van der Waals surface area contributed by atoms with Gasteiger partial charge in [-0.25, -0.2) is 9.56 Å². The largest absolute Gasteiger partial charge is 0.654 e. The van der Waals surface area contributed by atoms with E-state index in [9.17, 15) is 0 Å². The van der Waals surface area contributed by atoms with E-state index in [1.165, 1.54) is 22.9 Å². The number of hydrogen-bond donors (Lipinski definition) is 0. The lowest BCUT2D eigenvalue weighted by Crippen LogP contribution is -2.02. The minimum Gasteiger partial charge on any atom is -0.654 e. The molecule has 0 fully saturated rings. The Bertz CT molecular complexity index is 1010. The highest BCUT2D eigenvalue weighted by Crippen LogP contribution is 2.42. The SMILES string of the molecule is C1=[N+](c2c3nc4ccccc4[n-]c-3c3ccccc23)CCC1. The summed E-state index contributed by atoms with van der Waals surface area (Å²) >= 11 is 0. The van der Waals surface area contributed by atoms with Gasteiger partial charge in [-0.05, 0) is 17.5 Å². The molecule has 2 aromatic carbocycles. The van der Waals surface area contributed by atoms with Gasteiger partial charge < -0.3 is 4.98 Å². The van der Waals surface area contributed by atoms with Gasteiger partial charge in [0.1, 0.15) is 18.5 Å². The molecule has 0 unspecified atom stereocenters. The topological polar surface area (TPSA) is 30.0 Å². The van der Waals surface area contributed by atoms with E-state index < -0.39 is 0 Å². The molecule has 0 saturated carbocycles. The molecule has 0 bridgehead atoms. The van der Waals surface area contributed by atoms with Crippen molar-refractivity contribution in [1.29, 1.82) is 0 Å². The Morgan fingerprint density at radius 1 is 0.955 bits per heavy atom. The normalized spacial score (nSPS) is 15.0. The average molecular weight is 285 g/mol. The van der Waals surface area contributed by atoms with Gasteiger partial charge in [-0.3, -0.25) is 0 Å². The molecule has 3 nitrogen and oxygen atoms in total. The Morgan fingerprint density at radius 3 is 2.64 bits per heavy atom. The maximum atomic E-state index is 4.94. The van der Waals surface area contributed by atoms with Gasteiger partial charge in [0, 0.05) is 18.4 Å². The molecule has 2 aliphatic heterocycles. The summed E-state index contributed by atoms with van der Waals surface area (Å²) in [5.41, 5.74) is 5.19. The van der Waals surface area contributed by atoms with E-state index in [1.807, 2.05) is 24.3 Å².